The number of amides is 1. The maximum absolute atomic E-state index is 13.4. The molecule has 0 aliphatic rings. The second-order valence-corrected chi connectivity index (χ2v) is 10.5. The molecule has 4 aromatic rings. The van der Waals surface area contributed by atoms with E-state index in [9.17, 15) is 23.3 Å². The Hall–Kier alpha value is -5.23. The van der Waals surface area contributed by atoms with Crippen LogP contribution in [0.2, 0.25) is 0 Å². The molecule has 0 radical (unpaired) electrons. The number of hydrazone groups is 1. The van der Waals surface area contributed by atoms with Crippen molar-refractivity contribution in [3.05, 3.63) is 124 Å². The Morgan fingerprint density at radius 3 is 2.17 bits per heavy atom. The number of rotatable bonds is 12. The number of para-hydroxylation sites is 1. The fourth-order valence-corrected chi connectivity index (χ4v) is 5.08. The van der Waals surface area contributed by atoms with Crippen LogP contribution >= 0.6 is 0 Å². The molecule has 0 aliphatic carbocycles. The highest BCUT2D eigenvalue weighted by molar-refractivity contribution is 7.92. The molecule has 0 heterocycles. The summed E-state index contributed by atoms with van der Waals surface area (Å²) in [4.78, 5) is 23.0. The van der Waals surface area contributed by atoms with Crippen LogP contribution in [0.15, 0.2) is 113 Å². The van der Waals surface area contributed by atoms with Crippen LogP contribution in [0.5, 0.6) is 11.5 Å². The van der Waals surface area contributed by atoms with Crippen LogP contribution in [-0.2, 0) is 21.4 Å². The third-order valence-electron chi connectivity index (χ3n) is 5.81. The van der Waals surface area contributed by atoms with Gasteiger partial charge in [-0.15, -0.1) is 0 Å². The molecule has 0 aromatic heterocycles. The minimum atomic E-state index is -4.07. The second-order valence-electron chi connectivity index (χ2n) is 8.60. The maximum Gasteiger partial charge on any atom is 0.269 e. The lowest BCUT2D eigenvalue weighted by Gasteiger charge is -2.23. The van der Waals surface area contributed by atoms with Crippen molar-refractivity contribution in [3.8, 4) is 11.5 Å². The highest BCUT2D eigenvalue weighted by Crippen LogP contribution is 2.25. The molecule has 1 N–H and O–H groups in total. The molecule has 12 heteroatoms. The number of nitro benzene ring substituents is 1. The zero-order chi connectivity index (χ0) is 29.2. The lowest BCUT2D eigenvalue weighted by molar-refractivity contribution is -0.384. The van der Waals surface area contributed by atoms with Crippen molar-refractivity contribution in [1.29, 1.82) is 0 Å². The molecule has 41 heavy (non-hydrogen) atoms. The van der Waals surface area contributed by atoms with Gasteiger partial charge in [0.25, 0.3) is 21.6 Å². The molecule has 0 fully saturated rings. The molecule has 11 nitrogen and oxygen atoms in total. The van der Waals surface area contributed by atoms with Crippen molar-refractivity contribution >= 4 is 33.5 Å². The van der Waals surface area contributed by atoms with E-state index in [-0.39, 0.29) is 17.2 Å². The highest BCUT2D eigenvalue weighted by atomic mass is 32.2. The zero-order valence-electron chi connectivity index (χ0n) is 21.9. The number of hydrogen-bond donors (Lipinski definition) is 1. The summed E-state index contributed by atoms with van der Waals surface area (Å²) >= 11 is 0. The number of sulfonamides is 1. The average Bonchev–Trinajstić information content (AvgIpc) is 3.00. The summed E-state index contributed by atoms with van der Waals surface area (Å²) in [5.41, 5.74) is 4.15. The average molecular weight is 575 g/mol. The Kier molecular flexibility index (Phi) is 9.28. The Morgan fingerprint density at radius 2 is 1.56 bits per heavy atom. The van der Waals surface area contributed by atoms with Crippen molar-refractivity contribution in [3.63, 3.8) is 0 Å². The molecular formula is C29H26N4O7S. The van der Waals surface area contributed by atoms with E-state index < -0.39 is 27.4 Å². The largest absolute Gasteiger partial charge is 0.497 e. The van der Waals surface area contributed by atoms with Gasteiger partial charge in [-0.2, -0.15) is 5.10 Å². The zero-order valence-corrected chi connectivity index (χ0v) is 22.7. The Balaban J connectivity index is 1.36. The SMILES string of the molecule is COc1ccc(S(=O)(=O)N(CC(=O)N/N=C\c2ccc(OCc3ccc([N+](=O)[O-])cc3)cc2)c2ccccc2)cc1. The minimum absolute atomic E-state index is 0.00865. The van der Waals surface area contributed by atoms with Crippen LogP contribution in [0.3, 0.4) is 0 Å². The van der Waals surface area contributed by atoms with E-state index in [1.807, 2.05) is 0 Å². The van der Waals surface area contributed by atoms with Gasteiger partial charge in [0.1, 0.15) is 24.7 Å². The first-order valence-electron chi connectivity index (χ1n) is 12.3. The predicted molar refractivity (Wildman–Crippen MR) is 154 cm³/mol. The fraction of sp³-hybridized carbons (Fsp3) is 0.103. The first-order chi connectivity index (χ1) is 19.8. The maximum atomic E-state index is 13.4. The molecule has 0 atom stereocenters. The first kappa shape index (κ1) is 28.8. The van der Waals surface area contributed by atoms with E-state index in [1.165, 1.54) is 49.7 Å². The van der Waals surface area contributed by atoms with Gasteiger partial charge in [-0.05, 0) is 83.9 Å². The second kappa shape index (κ2) is 13.2. The highest BCUT2D eigenvalue weighted by Gasteiger charge is 2.27. The topological polar surface area (TPSA) is 140 Å². The Morgan fingerprint density at radius 1 is 0.927 bits per heavy atom. The number of ether oxygens (including phenoxy) is 2. The molecule has 4 aromatic carbocycles. The van der Waals surface area contributed by atoms with Crippen LogP contribution in [0, 0.1) is 10.1 Å². The van der Waals surface area contributed by atoms with E-state index >= 15 is 0 Å². The molecule has 4 rings (SSSR count). The van der Waals surface area contributed by atoms with Crippen LogP contribution in [0.25, 0.3) is 0 Å². The number of carbonyl (C=O) groups excluding carboxylic acids is 1. The van der Waals surface area contributed by atoms with Crippen molar-refractivity contribution < 1.29 is 27.6 Å². The van der Waals surface area contributed by atoms with E-state index in [4.69, 9.17) is 9.47 Å². The Labute approximate surface area is 236 Å². The van der Waals surface area contributed by atoms with E-state index in [2.05, 4.69) is 10.5 Å². The molecule has 0 unspecified atom stereocenters. The van der Waals surface area contributed by atoms with Crippen LogP contribution in [0.4, 0.5) is 11.4 Å². The molecule has 210 valence electrons. The van der Waals surface area contributed by atoms with Crippen LogP contribution in [0.1, 0.15) is 11.1 Å². The van der Waals surface area contributed by atoms with Gasteiger partial charge in [0.05, 0.1) is 28.8 Å². The molecule has 0 saturated heterocycles. The van der Waals surface area contributed by atoms with E-state index in [0.717, 1.165) is 9.87 Å². The molecule has 0 aliphatic heterocycles. The molecule has 1 amide bonds. The number of benzene rings is 4. The number of methoxy groups -OCH3 is 1. The Bertz CT molecular complexity index is 1610. The normalized spacial score (nSPS) is 11.1. The number of nitro groups is 1. The van der Waals surface area contributed by atoms with Crippen LogP contribution in [-0.4, -0.2) is 39.1 Å². The van der Waals surface area contributed by atoms with Gasteiger partial charge < -0.3 is 9.47 Å². The van der Waals surface area contributed by atoms with Gasteiger partial charge in [-0.25, -0.2) is 13.8 Å². The lowest BCUT2D eigenvalue weighted by atomic mass is 10.2. The van der Waals surface area contributed by atoms with Gasteiger partial charge in [0.15, 0.2) is 0 Å². The standard InChI is InChI=1S/C29H26N4O7S/c1-39-26-15-17-28(18-16-26)41(37,38)32(24-5-3-2-4-6-24)20-29(34)31-30-19-22-9-13-27(14-10-22)40-21-23-7-11-25(12-8-23)33(35)36/h2-19H,20-21H2,1H3,(H,31,34)/b30-19-. The summed E-state index contributed by atoms with van der Waals surface area (Å²) in [5, 5.41) is 14.7. The third-order valence-corrected chi connectivity index (χ3v) is 7.60. The number of anilines is 1. The summed E-state index contributed by atoms with van der Waals surface area (Å²) in [6.07, 6.45) is 1.42. The lowest BCUT2D eigenvalue weighted by Crippen LogP contribution is -2.39. The molecule has 0 bridgehead atoms. The molecule has 0 saturated carbocycles. The van der Waals surface area contributed by atoms with Gasteiger partial charge in [0.2, 0.25) is 0 Å². The van der Waals surface area contributed by atoms with Crippen molar-refractivity contribution in [1.82, 2.24) is 5.43 Å². The number of nitrogens with zero attached hydrogens (tertiary/aromatic N) is 3. The fourth-order valence-electron chi connectivity index (χ4n) is 3.66. The summed E-state index contributed by atoms with van der Waals surface area (Å²) in [7, 11) is -2.58. The van der Waals surface area contributed by atoms with E-state index in [1.54, 1.807) is 66.7 Å². The summed E-state index contributed by atoms with van der Waals surface area (Å²) in [6.45, 7) is -0.260. The molecule has 0 spiro atoms. The number of hydrogen-bond acceptors (Lipinski definition) is 8. The number of non-ortho nitro benzene ring substituents is 1. The van der Waals surface area contributed by atoms with Gasteiger partial charge in [0, 0.05) is 12.1 Å². The predicted octanol–water partition coefficient (Wildman–Crippen LogP) is 4.53. The summed E-state index contributed by atoms with van der Waals surface area (Å²) in [6, 6.07) is 27.2. The van der Waals surface area contributed by atoms with Crippen molar-refractivity contribution in [2.75, 3.05) is 18.0 Å². The van der Waals surface area contributed by atoms with Gasteiger partial charge >= 0.3 is 0 Å². The quantitative estimate of drug-likeness (QED) is 0.149. The van der Waals surface area contributed by atoms with Crippen LogP contribution < -0.4 is 19.2 Å². The first-order valence-corrected chi connectivity index (χ1v) is 13.7. The smallest absolute Gasteiger partial charge is 0.269 e. The summed E-state index contributed by atoms with van der Waals surface area (Å²) in [5.74, 6) is 0.448. The van der Waals surface area contributed by atoms with E-state index in [0.29, 0.717) is 22.7 Å². The number of carbonyl (C=O) groups is 1. The summed E-state index contributed by atoms with van der Waals surface area (Å²) < 4.78 is 38.6. The van der Waals surface area contributed by atoms with Gasteiger partial charge in [-0.1, -0.05) is 18.2 Å². The molecular weight excluding hydrogens is 548 g/mol. The van der Waals surface area contributed by atoms with Gasteiger partial charge in [-0.3, -0.25) is 19.2 Å². The minimum Gasteiger partial charge on any atom is -0.497 e. The monoisotopic (exact) mass is 574 g/mol. The number of nitrogens with one attached hydrogen (secondary N) is 1. The third kappa shape index (κ3) is 7.67. The van der Waals surface area contributed by atoms with Crippen molar-refractivity contribution in [2.24, 2.45) is 5.10 Å². The van der Waals surface area contributed by atoms with Crippen molar-refractivity contribution in [2.45, 2.75) is 11.5 Å².